The lowest BCUT2D eigenvalue weighted by Gasteiger charge is -2.31. The average Bonchev–Trinajstić information content (AvgIpc) is 3.11. The number of nitrogens with one attached hydrogen (secondary N) is 2. The van der Waals surface area contributed by atoms with Crippen molar-refractivity contribution in [1.82, 2.24) is 14.7 Å². The summed E-state index contributed by atoms with van der Waals surface area (Å²) in [6.45, 7) is 7.26. The van der Waals surface area contributed by atoms with Gasteiger partial charge in [-0.1, -0.05) is 17.8 Å². The van der Waals surface area contributed by atoms with Crippen molar-refractivity contribution in [2.45, 2.75) is 45.3 Å². The number of pyridine rings is 1. The van der Waals surface area contributed by atoms with Crippen molar-refractivity contribution in [3.05, 3.63) is 60.2 Å². The smallest absolute Gasteiger partial charge is 0.413 e. The van der Waals surface area contributed by atoms with E-state index in [4.69, 9.17) is 4.74 Å². The van der Waals surface area contributed by atoms with Crippen molar-refractivity contribution in [3.63, 3.8) is 0 Å². The number of halogens is 1. The summed E-state index contributed by atoms with van der Waals surface area (Å²) in [6, 6.07) is 10.7. The summed E-state index contributed by atoms with van der Waals surface area (Å²) in [4.78, 5) is 21.3. The summed E-state index contributed by atoms with van der Waals surface area (Å²) in [7, 11) is 0. The Morgan fingerprint density at radius 1 is 1.28 bits per heavy atom. The van der Waals surface area contributed by atoms with E-state index in [1.54, 1.807) is 39.1 Å². The molecule has 0 spiro atoms. The van der Waals surface area contributed by atoms with Gasteiger partial charge in [-0.25, -0.2) is 14.2 Å². The van der Waals surface area contributed by atoms with Crippen LogP contribution in [0.4, 0.5) is 20.8 Å². The molecular weight excluding hydrogens is 429 g/mol. The second kappa shape index (κ2) is 8.46. The van der Waals surface area contributed by atoms with Gasteiger partial charge in [0.25, 0.3) is 0 Å². The zero-order valence-corrected chi connectivity index (χ0v) is 19.3. The first-order valence-corrected chi connectivity index (χ1v) is 11.3. The molecule has 3 aromatic rings. The summed E-state index contributed by atoms with van der Waals surface area (Å²) in [5, 5.41) is 6.37. The number of anilines is 2. The molecule has 1 aromatic carbocycles. The molecule has 0 bridgehead atoms. The predicted molar refractivity (Wildman–Crippen MR) is 126 cm³/mol. The lowest BCUT2D eigenvalue weighted by molar-refractivity contribution is 0.0564. The van der Waals surface area contributed by atoms with Crippen molar-refractivity contribution in [1.29, 1.82) is 0 Å². The molecular formula is C23H26FN5O2S. The Balaban J connectivity index is 1.60. The molecule has 0 aliphatic carbocycles. The largest absolute Gasteiger partial charge is 0.444 e. The summed E-state index contributed by atoms with van der Waals surface area (Å²) < 4.78 is 22.1. The molecule has 2 N–H and O–H groups in total. The quantitative estimate of drug-likeness (QED) is 0.549. The van der Waals surface area contributed by atoms with Crippen LogP contribution in [0.15, 0.2) is 53.8 Å². The number of alkyl carbamates (subject to hydrolysis) is 1. The second-order valence-corrected chi connectivity index (χ2v) is 9.90. The van der Waals surface area contributed by atoms with Crippen LogP contribution in [0.2, 0.25) is 0 Å². The molecule has 3 heterocycles. The van der Waals surface area contributed by atoms with Gasteiger partial charge in [0.15, 0.2) is 5.17 Å². The van der Waals surface area contributed by atoms with E-state index >= 15 is 0 Å². The SMILES string of the molecule is CC(C)(C)OC(=O)NC1=N[C@](C)(c2cc(Nc3ncc4ccccn34)ccc2F)CCS1. The van der Waals surface area contributed by atoms with Crippen LogP contribution >= 0.6 is 11.8 Å². The number of carbonyl (C=O) groups is 1. The van der Waals surface area contributed by atoms with Gasteiger partial charge in [-0.15, -0.1) is 0 Å². The lowest BCUT2D eigenvalue weighted by atomic mass is 9.89. The summed E-state index contributed by atoms with van der Waals surface area (Å²) in [5.74, 6) is 0.976. The average molecular weight is 456 g/mol. The maximum absolute atomic E-state index is 14.9. The summed E-state index contributed by atoms with van der Waals surface area (Å²) in [5.41, 5.74) is 0.667. The highest BCUT2D eigenvalue weighted by Gasteiger charge is 2.34. The number of rotatable bonds is 3. The van der Waals surface area contributed by atoms with Gasteiger partial charge in [-0.05, 0) is 64.4 Å². The molecule has 32 heavy (non-hydrogen) atoms. The molecule has 0 unspecified atom stereocenters. The number of amidine groups is 1. The van der Waals surface area contributed by atoms with E-state index in [-0.39, 0.29) is 5.82 Å². The Labute approximate surface area is 190 Å². The highest BCUT2D eigenvalue weighted by Crippen LogP contribution is 2.38. The number of amides is 1. The van der Waals surface area contributed by atoms with Gasteiger partial charge < -0.3 is 10.1 Å². The van der Waals surface area contributed by atoms with Gasteiger partial charge >= 0.3 is 6.09 Å². The third kappa shape index (κ3) is 4.88. The maximum atomic E-state index is 14.9. The number of imidazole rings is 1. The monoisotopic (exact) mass is 455 g/mol. The number of hydrogen-bond donors (Lipinski definition) is 2. The van der Waals surface area contributed by atoms with Gasteiger partial charge in [0.05, 0.1) is 17.3 Å². The van der Waals surface area contributed by atoms with Gasteiger partial charge in [0.1, 0.15) is 11.4 Å². The van der Waals surface area contributed by atoms with Crippen LogP contribution in [0.3, 0.4) is 0 Å². The van der Waals surface area contributed by atoms with Gasteiger partial charge in [0.2, 0.25) is 5.95 Å². The topological polar surface area (TPSA) is 80.0 Å². The highest BCUT2D eigenvalue weighted by molar-refractivity contribution is 8.13. The fraction of sp³-hybridized carbons (Fsp3) is 0.348. The molecule has 0 radical (unpaired) electrons. The first kappa shape index (κ1) is 22.1. The number of fused-ring (bicyclic) bond motifs is 1. The molecule has 0 saturated heterocycles. The van der Waals surface area contributed by atoms with Crippen molar-refractivity contribution in [3.8, 4) is 0 Å². The van der Waals surface area contributed by atoms with Crippen LogP contribution in [-0.2, 0) is 10.3 Å². The minimum absolute atomic E-state index is 0.349. The fourth-order valence-corrected chi connectivity index (χ4v) is 4.60. The van der Waals surface area contributed by atoms with E-state index in [9.17, 15) is 9.18 Å². The Morgan fingerprint density at radius 2 is 2.09 bits per heavy atom. The minimum atomic E-state index is -0.827. The fourth-order valence-electron chi connectivity index (χ4n) is 3.49. The third-order valence-electron chi connectivity index (χ3n) is 5.03. The van der Waals surface area contributed by atoms with E-state index < -0.39 is 17.2 Å². The van der Waals surface area contributed by atoms with Crippen molar-refractivity contribution < 1.29 is 13.9 Å². The highest BCUT2D eigenvalue weighted by atomic mass is 32.2. The molecule has 4 rings (SSSR count). The molecule has 1 aliphatic heterocycles. The van der Waals surface area contributed by atoms with Crippen LogP contribution in [0, 0.1) is 5.82 Å². The molecule has 2 aromatic heterocycles. The molecule has 1 aliphatic rings. The van der Waals surface area contributed by atoms with Crippen LogP contribution < -0.4 is 10.6 Å². The standard InChI is InChI=1S/C23H26FN5O2S/c1-22(2,3)31-21(30)27-20-28-23(4,10-12-32-20)17-13-15(8-9-18(17)24)26-19-25-14-16-7-5-6-11-29(16)19/h5-9,11,13-14H,10,12H2,1-4H3,(H,25,26)(H,27,28,30)/t23-/m0/s1. The van der Waals surface area contributed by atoms with Crippen molar-refractivity contribution >= 4 is 40.2 Å². The zero-order chi connectivity index (χ0) is 22.9. The zero-order valence-electron chi connectivity index (χ0n) is 18.5. The molecule has 1 amide bonds. The Morgan fingerprint density at radius 3 is 2.88 bits per heavy atom. The number of nitrogens with zero attached hydrogens (tertiary/aromatic N) is 3. The number of aliphatic imine (C=N–C) groups is 1. The molecule has 168 valence electrons. The first-order valence-electron chi connectivity index (χ1n) is 10.3. The van der Waals surface area contributed by atoms with Crippen LogP contribution in [0.25, 0.3) is 5.52 Å². The van der Waals surface area contributed by atoms with Crippen LogP contribution in [0.5, 0.6) is 0 Å². The summed E-state index contributed by atoms with van der Waals surface area (Å²) in [6.07, 6.45) is 3.73. The van der Waals surface area contributed by atoms with E-state index in [1.165, 1.54) is 17.8 Å². The van der Waals surface area contributed by atoms with Crippen molar-refractivity contribution in [2.24, 2.45) is 4.99 Å². The number of benzene rings is 1. The second-order valence-electron chi connectivity index (χ2n) is 8.81. The number of thioether (sulfide) groups is 1. The van der Waals surface area contributed by atoms with E-state index in [1.807, 2.05) is 35.7 Å². The Hall–Kier alpha value is -3.07. The normalized spacial score (nSPS) is 18.8. The Bertz CT molecular complexity index is 1190. The minimum Gasteiger partial charge on any atom is -0.444 e. The first-order chi connectivity index (χ1) is 15.1. The predicted octanol–water partition coefficient (Wildman–Crippen LogP) is 5.45. The van der Waals surface area contributed by atoms with E-state index in [0.29, 0.717) is 34.5 Å². The maximum Gasteiger partial charge on any atom is 0.413 e. The van der Waals surface area contributed by atoms with Gasteiger partial charge in [-0.2, -0.15) is 0 Å². The van der Waals surface area contributed by atoms with Gasteiger partial charge in [-0.3, -0.25) is 14.7 Å². The Kier molecular flexibility index (Phi) is 5.85. The number of aromatic nitrogens is 2. The molecule has 9 heteroatoms. The number of ether oxygens (including phenoxy) is 1. The molecule has 0 fully saturated rings. The summed E-state index contributed by atoms with van der Waals surface area (Å²) >= 11 is 1.42. The van der Waals surface area contributed by atoms with E-state index in [2.05, 4.69) is 20.6 Å². The molecule has 0 saturated carbocycles. The number of hydrogen-bond acceptors (Lipinski definition) is 6. The van der Waals surface area contributed by atoms with Gasteiger partial charge in [0, 0.05) is 23.2 Å². The lowest BCUT2D eigenvalue weighted by Crippen LogP contribution is -2.38. The van der Waals surface area contributed by atoms with Crippen LogP contribution in [0.1, 0.15) is 39.7 Å². The third-order valence-corrected chi connectivity index (χ3v) is 5.90. The number of carbonyl (C=O) groups excluding carboxylic acids is 1. The van der Waals surface area contributed by atoms with Crippen LogP contribution in [-0.4, -0.2) is 32.0 Å². The molecule has 1 atom stereocenters. The van der Waals surface area contributed by atoms with E-state index in [0.717, 1.165) is 5.52 Å². The molecule has 7 nitrogen and oxygen atoms in total. The van der Waals surface area contributed by atoms with Crippen molar-refractivity contribution in [2.75, 3.05) is 11.1 Å².